The van der Waals surface area contributed by atoms with Crippen molar-refractivity contribution in [2.24, 2.45) is 0 Å². The van der Waals surface area contributed by atoms with E-state index in [1.807, 2.05) is 6.07 Å². The van der Waals surface area contributed by atoms with Gasteiger partial charge in [-0.1, -0.05) is 12.1 Å². The second-order valence-electron chi connectivity index (χ2n) is 5.81. The summed E-state index contributed by atoms with van der Waals surface area (Å²) in [4.78, 5) is 2.65. The third-order valence-corrected chi connectivity index (χ3v) is 4.66. The molecule has 1 aromatic carbocycles. The van der Waals surface area contributed by atoms with E-state index in [1.54, 1.807) is 7.11 Å². The highest BCUT2D eigenvalue weighted by molar-refractivity contribution is 5.30. The number of methoxy groups -OCH3 is 1. The summed E-state index contributed by atoms with van der Waals surface area (Å²) < 4.78 is 5.31. The molecule has 1 N–H and O–H groups in total. The number of nitrogens with zero attached hydrogens (tertiary/aromatic N) is 1. The largest absolute Gasteiger partial charge is 0.497 e. The molecule has 3 nitrogen and oxygen atoms in total. The van der Waals surface area contributed by atoms with Crippen LogP contribution in [0, 0.1) is 0 Å². The quantitative estimate of drug-likeness (QED) is 0.900. The molecule has 3 atom stereocenters. The number of fused-ring (bicyclic) bond motifs is 1. The zero-order valence-corrected chi connectivity index (χ0v) is 11.9. The molecule has 2 fully saturated rings. The maximum absolute atomic E-state index is 5.31. The number of nitrogens with one attached hydrogen (secondary N) is 1. The molecule has 2 heterocycles. The Kier molecular flexibility index (Phi) is 3.76. The van der Waals surface area contributed by atoms with Gasteiger partial charge in [0.05, 0.1) is 7.11 Å². The van der Waals surface area contributed by atoms with Gasteiger partial charge in [0, 0.05) is 24.7 Å². The van der Waals surface area contributed by atoms with Crippen LogP contribution in [0.5, 0.6) is 5.75 Å². The minimum Gasteiger partial charge on any atom is -0.497 e. The topological polar surface area (TPSA) is 24.5 Å². The van der Waals surface area contributed by atoms with Crippen LogP contribution in [0.3, 0.4) is 0 Å². The Bertz CT molecular complexity index is 435. The van der Waals surface area contributed by atoms with Crippen molar-refractivity contribution in [2.75, 3.05) is 20.2 Å². The Morgan fingerprint density at radius 1 is 1.32 bits per heavy atom. The summed E-state index contributed by atoms with van der Waals surface area (Å²) in [5, 5.41) is 3.82. The first kappa shape index (κ1) is 12.9. The second kappa shape index (κ2) is 5.51. The molecule has 2 aliphatic heterocycles. The van der Waals surface area contributed by atoms with E-state index in [0.717, 1.165) is 11.8 Å². The van der Waals surface area contributed by atoms with Crippen LogP contribution < -0.4 is 10.1 Å². The zero-order chi connectivity index (χ0) is 13.2. The molecule has 0 saturated carbocycles. The summed E-state index contributed by atoms with van der Waals surface area (Å²) in [7, 11) is 1.73. The number of ether oxygens (including phenoxy) is 1. The molecule has 104 valence electrons. The molecule has 0 radical (unpaired) electrons. The van der Waals surface area contributed by atoms with Gasteiger partial charge in [-0.25, -0.2) is 0 Å². The lowest BCUT2D eigenvalue weighted by atomic mass is 10.0. The summed E-state index contributed by atoms with van der Waals surface area (Å²) in [5.74, 6) is 0.945. The van der Waals surface area contributed by atoms with Gasteiger partial charge in [0.15, 0.2) is 0 Å². The standard InChI is InChI=1S/C16H24N2O/c1-12(13-5-3-6-14(11-13)19-2)17-15-8-10-18-9-4-7-16(15)18/h3,5-6,11-12,15-17H,4,7-10H2,1-2H3. The van der Waals surface area contributed by atoms with Crippen molar-refractivity contribution in [2.45, 2.75) is 44.3 Å². The Labute approximate surface area is 115 Å². The highest BCUT2D eigenvalue weighted by Crippen LogP contribution is 2.30. The van der Waals surface area contributed by atoms with Crippen molar-refractivity contribution < 1.29 is 4.74 Å². The number of hydrogen-bond acceptors (Lipinski definition) is 3. The van der Waals surface area contributed by atoms with Gasteiger partial charge in [0.25, 0.3) is 0 Å². The third kappa shape index (κ3) is 2.63. The van der Waals surface area contributed by atoms with E-state index in [2.05, 4.69) is 35.3 Å². The van der Waals surface area contributed by atoms with Gasteiger partial charge in [-0.2, -0.15) is 0 Å². The first-order valence-electron chi connectivity index (χ1n) is 7.42. The van der Waals surface area contributed by atoms with Crippen LogP contribution in [0.15, 0.2) is 24.3 Å². The Morgan fingerprint density at radius 2 is 2.21 bits per heavy atom. The molecule has 2 saturated heterocycles. The lowest BCUT2D eigenvalue weighted by molar-refractivity contribution is 0.291. The van der Waals surface area contributed by atoms with Crippen molar-refractivity contribution in [3.05, 3.63) is 29.8 Å². The zero-order valence-electron chi connectivity index (χ0n) is 11.9. The first-order chi connectivity index (χ1) is 9.28. The van der Waals surface area contributed by atoms with Crippen molar-refractivity contribution in [1.29, 1.82) is 0 Å². The fourth-order valence-corrected chi connectivity index (χ4v) is 3.61. The van der Waals surface area contributed by atoms with Gasteiger partial charge in [0.2, 0.25) is 0 Å². The highest BCUT2D eigenvalue weighted by Gasteiger charge is 2.37. The minimum atomic E-state index is 0.389. The van der Waals surface area contributed by atoms with E-state index in [1.165, 1.54) is 37.9 Å². The third-order valence-electron chi connectivity index (χ3n) is 4.66. The number of rotatable bonds is 4. The van der Waals surface area contributed by atoms with Gasteiger partial charge in [-0.05, 0) is 50.4 Å². The van der Waals surface area contributed by atoms with Gasteiger partial charge < -0.3 is 10.1 Å². The smallest absolute Gasteiger partial charge is 0.119 e. The van der Waals surface area contributed by atoms with Crippen molar-refractivity contribution in [3.63, 3.8) is 0 Å². The van der Waals surface area contributed by atoms with E-state index < -0.39 is 0 Å². The lowest BCUT2D eigenvalue weighted by Crippen LogP contribution is -2.40. The minimum absolute atomic E-state index is 0.389. The van der Waals surface area contributed by atoms with Crippen LogP contribution >= 0.6 is 0 Å². The molecular weight excluding hydrogens is 236 g/mol. The van der Waals surface area contributed by atoms with E-state index in [-0.39, 0.29) is 0 Å². The Morgan fingerprint density at radius 3 is 3.05 bits per heavy atom. The van der Waals surface area contributed by atoms with E-state index in [9.17, 15) is 0 Å². The fourth-order valence-electron chi connectivity index (χ4n) is 3.61. The molecule has 3 heteroatoms. The van der Waals surface area contributed by atoms with E-state index in [4.69, 9.17) is 4.74 Å². The van der Waals surface area contributed by atoms with Gasteiger partial charge in [-0.15, -0.1) is 0 Å². The first-order valence-corrected chi connectivity index (χ1v) is 7.42. The van der Waals surface area contributed by atoms with Crippen molar-refractivity contribution in [3.8, 4) is 5.75 Å². The predicted octanol–water partition coefficient (Wildman–Crippen LogP) is 2.58. The SMILES string of the molecule is COc1cccc(C(C)NC2CCN3CCCC23)c1. The van der Waals surface area contributed by atoms with Crippen LogP contribution in [0.1, 0.15) is 37.8 Å². The molecule has 19 heavy (non-hydrogen) atoms. The summed E-state index contributed by atoms with van der Waals surface area (Å²) in [6.45, 7) is 4.83. The lowest BCUT2D eigenvalue weighted by Gasteiger charge is -2.25. The molecule has 1 aromatic rings. The number of hydrogen-bond donors (Lipinski definition) is 1. The highest BCUT2D eigenvalue weighted by atomic mass is 16.5. The van der Waals surface area contributed by atoms with Crippen molar-refractivity contribution in [1.82, 2.24) is 10.2 Å². The second-order valence-corrected chi connectivity index (χ2v) is 5.81. The number of benzene rings is 1. The average Bonchev–Trinajstić information content (AvgIpc) is 3.04. The van der Waals surface area contributed by atoms with Crippen LogP contribution in [0.4, 0.5) is 0 Å². The van der Waals surface area contributed by atoms with Crippen LogP contribution in [0.2, 0.25) is 0 Å². The maximum Gasteiger partial charge on any atom is 0.119 e. The summed E-state index contributed by atoms with van der Waals surface area (Å²) >= 11 is 0. The maximum atomic E-state index is 5.31. The monoisotopic (exact) mass is 260 g/mol. The van der Waals surface area contributed by atoms with Crippen molar-refractivity contribution >= 4 is 0 Å². The fraction of sp³-hybridized carbons (Fsp3) is 0.625. The molecule has 0 bridgehead atoms. The molecule has 3 rings (SSSR count). The molecule has 2 aliphatic rings. The summed E-state index contributed by atoms with van der Waals surface area (Å²) in [5.41, 5.74) is 1.32. The molecule has 0 aliphatic carbocycles. The van der Waals surface area contributed by atoms with Crippen LogP contribution in [0.25, 0.3) is 0 Å². The predicted molar refractivity (Wildman–Crippen MR) is 77.5 cm³/mol. The van der Waals surface area contributed by atoms with Gasteiger partial charge in [-0.3, -0.25) is 4.90 Å². The molecule has 3 unspecified atom stereocenters. The van der Waals surface area contributed by atoms with Crippen LogP contribution in [-0.2, 0) is 0 Å². The van der Waals surface area contributed by atoms with Gasteiger partial charge >= 0.3 is 0 Å². The Hall–Kier alpha value is -1.06. The van der Waals surface area contributed by atoms with Gasteiger partial charge in [0.1, 0.15) is 5.75 Å². The van der Waals surface area contributed by atoms with E-state index >= 15 is 0 Å². The average molecular weight is 260 g/mol. The summed E-state index contributed by atoms with van der Waals surface area (Å²) in [6, 6.07) is 10.2. The van der Waals surface area contributed by atoms with E-state index in [0.29, 0.717) is 12.1 Å². The van der Waals surface area contributed by atoms with Crippen LogP contribution in [-0.4, -0.2) is 37.2 Å². The molecule has 0 spiro atoms. The molecule has 0 aromatic heterocycles. The summed E-state index contributed by atoms with van der Waals surface area (Å²) in [6.07, 6.45) is 4.03. The normalized spacial score (nSPS) is 28.3. The molecular formula is C16H24N2O. The molecule has 0 amide bonds. The Balaban J connectivity index is 1.65.